The number of hydrogen-bond acceptors (Lipinski definition) is 9. The minimum atomic E-state index is -4.71. The third-order valence-corrected chi connectivity index (χ3v) is 4.03. The number of nitrogens with two attached hydrogens (primary N) is 1. The quantitative estimate of drug-likeness (QED) is 0.327. The number of aliphatic hydroxyl groups excluding tert-OH is 2. The first-order chi connectivity index (χ1) is 10.8. The number of aromatic nitrogens is 2. The lowest BCUT2D eigenvalue weighted by atomic mass is 10.1. The van der Waals surface area contributed by atoms with Crippen LogP contribution in [0.5, 0.6) is 0 Å². The fourth-order valence-corrected chi connectivity index (χ4v) is 2.77. The van der Waals surface area contributed by atoms with Gasteiger partial charge in [-0.2, -0.15) is 0 Å². The zero-order valence-corrected chi connectivity index (χ0v) is 12.5. The average molecular weight is 349 g/mol. The van der Waals surface area contributed by atoms with Crippen molar-refractivity contribution < 1.29 is 33.8 Å². The Morgan fingerprint density at radius 3 is 2.87 bits per heavy atom. The molecule has 5 atom stereocenters. The maximum absolute atomic E-state index is 10.7. The van der Waals surface area contributed by atoms with E-state index >= 15 is 0 Å². The molecule has 128 valence electrons. The molecule has 0 spiro atoms. The van der Waals surface area contributed by atoms with Crippen LogP contribution in [0.15, 0.2) is 11.3 Å². The molecule has 23 heavy (non-hydrogen) atoms. The van der Waals surface area contributed by atoms with Crippen LogP contribution in [-0.4, -0.2) is 60.8 Å². The summed E-state index contributed by atoms with van der Waals surface area (Å²) in [6.07, 6.45) is -2.78. The fourth-order valence-electron chi connectivity index (χ4n) is 2.43. The predicted octanol–water partition coefficient (Wildman–Crippen LogP) is -2.17. The summed E-state index contributed by atoms with van der Waals surface area (Å²) in [7, 11) is -4.71. The van der Waals surface area contributed by atoms with Gasteiger partial charge in [0.2, 0.25) is 0 Å². The van der Waals surface area contributed by atoms with Gasteiger partial charge in [-0.3, -0.25) is 9.09 Å². The Morgan fingerprint density at radius 2 is 2.17 bits per heavy atom. The second-order valence-corrected chi connectivity index (χ2v) is 6.34. The number of hydrogen-bond donors (Lipinski definition) is 6. The summed E-state index contributed by atoms with van der Waals surface area (Å²) < 4.78 is 21.9. The first kappa shape index (κ1) is 16.5. The summed E-state index contributed by atoms with van der Waals surface area (Å²) in [6.45, 7) is -0.583. The number of fused-ring (bicyclic) bond motifs is 1. The Balaban J connectivity index is 1.80. The van der Waals surface area contributed by atoms with Crippen LogP contribution in [0.4, 0.5) is 5.82 Å². The van der Waals surface area contributed by atoms with Gasteiger partial charge in [0.25, 0.3) is 0 Å². The second kappa shape index (κ2) is 5.92. The van der Waals surface area contributed by atoms with Gasteiger partial charge in [-0.05, 0) is 0 Å². The van der Waals surface area contributed by atoms with E-state index in [1.54, 1.807) is 0 Å². The summed E-state index contributed by atoms with van der Waals surface area (Å²) in [4.78, 5) is 25.6. The number of phosphoric acid groups is 1. The molecule has 3 heterocycles. The van der Waals surface area contributed by atoms with E-state index in [1.807, 2.05) is 0 Å². The molecule has 0 saturated carbocycles. The highest BCUT2D eigenvalue weighted by Gasteiger charge is 2.45. The summed E-state index contributed by atoms with van der Waals surface area (Å²) in [6, 6.07) is 0. The van der Waals surface area contributed by atoms with Crippen LogP contribution in [0.1, 0.15) is 18.1 Å². The van der Waals surface area contributed by atoms with Gasteiger partial charge < -0.3 is 35.8 Å². The number of nitrogens with one attached hydrogen (secondary N) is 1. The van der Waals surface area contributed by atoms with Gasteiger partial charge in [-0.1, -0.05) is 0 Å². The van der Waals surface area contributed by atoms with Crippen molar-refractivity contribution >= 4 is 20.0 Å². The van der Waals surface area contributed by atoms with Crippen LogP contribution in [0.25, 0.3) is 0 Å². The number of nitrogens with zero attached hydrogens (tertiary/aromatic N) is 3. The molecule has 0 aliphatic carbocycles. The third-order valence-electron chi connectivity index (χ3n) is 3.55. The molecule has 2 aliphatic heterocycles. The van der Waals surface area contributed by atoms with Crippen molar-refractivity contribution in [3.63, 3.8) is 0 Å². The van der Waals surface area contributed by atoms with Crippen molar-refractivity contribution in [1.29, 1.82) is 0 Å². The van der Waals surface area contributed by atoms with Crippen molar-refractivity contribution in [2.45, 2.75) is 30.7 Å². The van der Waals surface area contributed by atoms with Crippen molar-refractivity contribution in [2.24, 2.45) is 10.7 Å². The standard InChI is InChI=1S/C10H16N5O7P/c11-8-5-9(13-2-12-8)15(3-14-5)10-7(17)6(16)4(22-10)1-21-23(18,19)20/h2-4,6-8,10,16-17H,1,11H2,(H,12,13)(H2,18,19,20)/t4-,6+,7+,8?,10-/m1/s1. The highest BCUT2D eigenvalue weighted by Crippen LogP contribution is 2.39. The van der Waals surface area contributed by atoms with Crippen molar-refractivity contribution in [2.75, 3.05) is 6.61 Å². The SMILES string of the molecule is NC1NC=Nc2c1ncn2[C@@H]1O[C@H](COP(=O)(O)O)[C@H](O)[C@@H]1O. The molecule has 1 saturated heterocycles. The second-order valence-electron chi connectivity index (χ2n) is 5.10. The predicted molar refractivity (Wildman–Crippen MR) is 74.4 cm³/mol. The maximum Gasteiger partial charge on any atom is 0.469 e. The van der Waals surface area contributed by atoms with E-state index in [0.717, 1.165) is 0 Å². The van der Waals surface area contributed by atoms with Crippen molar-refractivity contribution in [3.05, 3.63) is 12.0 Å². The van der Waals surface area contributed by atoms with E-state index in [4.69, 9.17) is 20.3 Å². The number of aliphatic imine (C=N–C) groups is 1. The maximum atomic E-state index is 10.7. The first-order valence-corrected chi connectivity index (χ1v) is 8.13. The lowest BCUT2D eigenvalue weighted by molar-refractivity contribution is -0.0513. The van der Waals surface area contributed by atoms with Crippen LogP contribution >= 0.6 is 7.82 Å². The zero-order valence-electron chi connectivity index (χ0n) is 11.6. The summed E-state index contributed by atoms with van der Waals surface area (Å²) in [5.74, 6) is 0.351. The Morgan fingerprint density at radius 1 is 1.43 bits per heavy atom. The van der Waals surface area contributed by atoms with E-state index in [1.165, 1.54) is 17.2 Å². The van der Waals surface area contributed by atoms with Crippen LogP contribution < -0.4 is 11.1 Å². The minimum absolute atomic E-state index is 0.351. The smallest absolute Gasteiger partial charge is 0.387 e. The lowest BCUT2D eigenvalue weighted by Gasteiger charge is -2.20. The molecule has 0 aromatic carbocycles. The van der Waals surface area contributed by atoms with E-state index in [0.29, 0.717) is 11.5 Å². The molecule has 13 heteroatoms. The summed E-state index contributed by atoms with van der Waals surface area (Å²) >= 11 is 0. The Hall–Kier alpha value is -1.37. The molecule has 2 aliphatic rings. The third kappa shape index (κ3) is 3.16. The lowest BCUT2D eigenvalue weighted by Crippen LogP contribution is -2.33. The molecule has 1 fully saturated rings. The number of aliphatic hydroxyl groups is 2. The highest BCUT2D eigenvalue weighted by molar-refractivity contribution is 7.46. The molecular formula is C10H16N5O7P. The minimum Gasteiger partial charge on any atom is -0.387 e. The molecule has 3 rings (SSSR count). The van der Waals surface area contributed by atoms with Gasteiger partial charge in [0.1, 0.15) is 30.2 Å². The van der Waals surface area contributed by atoms with Crippen LogP contribution in [-0.2, 0) is 13.8 Å². The Labute approximate surface area is 129 Å². The largest absolute Gasteiger partial charge is 0.469 e. The first-order valence-electron chi connectivity index (χ1n) is 6.60. The molecule has 12 nitrogen and oxygen atoms in total. The monoisotopic (exact) mass is 349 g/mol. The number of rotatable bonds is 4. The van der Waals surface area contributed by atoms with E-state index in [-0.39, 0.29) is 0 Å². The average Bonchev–Trinajstić information content (AvgIpc) is 3.01. The molecule has 1 aromatic heterocycles. The van der Waals surface area contributed by atoms with Crippen LogP contribution in [0.2, 0.25) is 0 Å². The van der Waals surface area contributed by atoms with Gasteiger partial charge in [0.15, 0.2) is 12.0 Å². The molecule has 0 amide bonds. The molecule has 7 N–H and O–H groups in total. The molecule has 1 unspecified atom stereocenters. The van der Waals surface area contributed by atoms with Crippen molar-refractivity contribution in [3.8, 4) is 0 Å². The number of ether oxygens (including phenoxy) is 1. The van der Waals surface area contributed by atoms with Crippen LogP contribution in [0, 0.1) is 0 Å². The summed E-state index contributed by atoms with van der Waals surface area (Å²) in [5.41, 5.74) is 6.24. The van der Waals surface area contributed by atoms with Gasteiger partial charge in [0, 0.05) is 0 Å². The topological polar surface area (TPSA) is 185 Å². The van der Waals surface area contributed by atoms with Gasteiger partial charge in [0.05, 0.1) is 19.3 Å². The van der Waals surface area contributed by atoms with E-state index in [2.05, 4.69) is 19.8 Å². The fraction of sp³-hybridized carbons (Fsp3) is 0.600. The molecule has 0 radical (unpaired) electrons. The van der Waals surface area contributed by atoms with Gasteiger partial charge in [-0.15, -0.1) is 0 Å². The molecule has 1 aromatic rings. The van der Waals surface area contributed by atoms with E-state index in [9.17, 15) is 14.8 Å². The number of imidazole rings is 1. The molecular weight excluding hydrogens is 333 g/mol. The summed E-state index contributed by atoms with van der Waals surface area (Å²) in [5, 5.41) is 22.8. The van der Waals surface area contributed by atoms with Crippen molar-refractivity contribution in [1.82, 2.24) is 14.9 Å². The highest BCUT2D eigenvalue weighted by atomic mass is 31.2. The molecule has 0 bridgehead atoms. The normalized spacial score (nSPS) is 33.5. The number of phosphoric ester groups is 1. The van der Waals surface area contributed by atoms with Gasteiger partial charge >= 0.3 is 7.82 Å². The van der Waals surface area contributed by atoms with E-state index < -0.39 is 45.1 Å². The van der Waals surface area contributed by atoms with Gasteiger partial charge in [-0.25, -0.2) is 14.5 Å². The zero-order chi connectivity index (χ0) is 16.8. The Kier molecular flexibility index (Phi) is 4.25. The van der Waals surface area contributed by atoms with Crippen LogP contribution in [0.3, 0.4) is 0 Å². The Bertz CT molecular complexity index is 660.